The maximum Gasteiger partial charge on any atom is 0.330 e. The summed E-state index contributed by atoms with van der Waals surface area (Å²) in [6, 6.07) is 8.36. The van der Waals surface area contributed by atoms with Crippen LogP contribution in [0.4, 0.5) is 4.79 Å². The van der Waals surface area contributed by atoms with Crippen LogP contribution in [0.1, 0.15) is 66.2 Å². The van der Waals surface area contributed by atoms with Crippen LogP contribution < -0.4 is 0 Å². The summed E-state index contributed by atoms with van der Waals surface area (Å²) in [5.41, 5.74) is 1.76. The van der Waals surface area contributed by atoms with E-state index in [-0.39, 0.29) is 18.1 Å². The van der Waals surface area contributed by atoms with Crippen molar-refractivity contribution in [1.82, 2.24) is 14.5 Å². The largest absolute Gasteiger partial charge is 0.330 e. The molecule has 2 unspecified atom stereocenters. The van der Waals surface area contributed by atoms with Crippen molar-refractivity contribution in [3.8, 4) is 0 Å². The van der Waals surface area contributed by atoms with Crippen molar-refractivity contribution in [3.63, 3.8) is 0 Å². The lowest BCUT2D eigenvalue weighted by atomic mass is 10.0. The lowest BCUT2D eigenvalue weighted by Gasteiger charge is -2.35. The molecular weight excluding hydrogens is 298 g/mol. The molecule has 0 aliphatic rings. The normalized spacial score (nSPS) is 13.8. The van der Waals surface area contributed by atoms with E-state index in [1.807, 2.05) is 24.3 Å². The molecule has 4 nitrogen and oxygen atoms in total. The number of aromatic nitrogens is 2. The van der Waals surface area contributed by atoms with E-state index in [2.05, 4.69) is 37.6 Å². The first kappa shape index (κ1) is 18.5. The summed E-state index contributed by atoms with van der Waals surface area (Å²) >= 11 is 0. The van der Waals surface area contributed by atoms with Crippen LogP contribution in [0.15, 0.2) is 30.6 Å². The van der Waals surface area contributed by atoms with Gasteiger partial charge in [0.25, 0.3) is 0 Å². The molecule has 0 saturated carbocycles. The van der Waals surface area contributed by atoms with Crippen LogP contribution in [0.5, 0.6) is 0 Å². The van der Waals surface area contributed by atoms with E-state index in [0.29, 0.717) is 0 Å². The topological polar surface area (TPSA) is 38.1 Å². The molecule has 4 heteroatoms. The van der Waals surface area contributed by atoms with Gasteiger partial charge in [0.15, 0.2) is 0 Å². The zero-order valence-electron chi connectivity index (χ0n) is 15.5. The van der Waals surface area contributed by atoms with Crippen LogP contribution in [0.3, 0.4) is 0 Å². The highest BCUT2D eigenvalue weighted by Crippen LogP contribution is 2.20. The minimum atomic E-state index is 0.0518. The second-order valence-electron chi connectivity index (χ2n) is 6.78. The van der Waals surface area contributed by atoms with Crippen molar-refractivity contribution in [2.75, 3.05) is 0 Å². The Hall–Kier alpha value is -1.84. The Balaban J connectivity index is 2.28. The summed E-state index contributed by atoms with van der Waals surface area (Å²) in [4.78, 5) is 19.7. The molecule has 1 aromatic carbocycles. The summed E-state index contributed by atoms with van der Waals surface area (Å²) in [7, 11) is 0. The van der Waals surface area contributed by atoms with Gasteiger partial charge in [-0.2, -0.15) is 0 Å². The fourth-order valence-corrected chi connectivity index (χ4v) is 3.32. The van der Waals surface area contributed by atoms with Gasteiger partial charge in [0.2, 0.25) is 0 Å². The minimum Gasteiger partial charge on any atom is -0.319 e. The molecule has 0 aliphatic heterocycles. The van der Waals surface area contributed by atoms with E-state index in [4.69, 9.17) is 0 Å². The van der Waals surface area contributed by atoms with Crippen molar-refractivity contribution >= 4 is 17.1 Å². The number of rotatable bonds is 8. The molecule has 1 aromatic heterocycles. The van der Waals surface area contributed by atoms with Gasteiger partial charge < -0.3 is 4.90 Å². The third-order valence-corrected chi connectivity index (χ3v) is 4.78. The third-order valence-electron chi connectivity index (χ3n) is 4.78. The highest BCUT2D eigenvalue weighted by Gasteiger charge is 2.27. The van der Waals surface area contributed by atoms with Crippen molar-refractivity contribution < 1.29 is 4.79 Å². The van der Waals surface area contributed by atoms with Crippen LogP contribution in [0.25, 0.3) is 11.0 Å². The molecule has 2 atom stereocenters. The molecule has 0 bridgehead atoms. The van der Waals surface area contributed by atoms with Gasteiger partial charge in [-0.05, 0) is 38.8 Å². The first-order chi connectivity index (χ1) is 11.6. The molecule has 132 valence electrons. The van der Waals surface area contributed by atoms with Gasteiger partial charge in [-0.3, -0.25) is 4.57 Å². The Kier molecular flexibility index (Phi) is 6.83. The molecule has 0 aliphatic carbocycles. The summed E-state index contributed by atoms with van der Waals surface area (Å²) in [6.07, 6.45) is 8.37. The number of para-hydroxylation sites is 2. The number of hydrogen-bond acceptors (Lipinski definition) is 2. The lowest BCUT2D eigenvalue weighted by molar-refractivity contribution is 0.146. The molecule has 0 fully saturated rings. The van der Waals surface area contributed by atoms with Crippen LogP contribution in [-0.4, -0.2) is 32.6 Å². The number of hydrogen-bond donors (Lipinski definition) is 0. The van der Waals surface area contributed by atoms with Gasteiger partial charge in [-0.1, -0.05) is 51.7 Å². The molecule has 0 radical (unpaired) electrons. The Labute approximate surface area is 145 Å². The lowest BCUT2D eigenvalue weighted by Crippen LogP contribution is -2.46. The Bertz CT molecular complexity index is 635. The smallest absolute Gasteiger partial charge is 0.319 e. The van der Waals surface area contributed by atoms with Gasteiger partial charge in [-0.25, -0.2) is 9.78 Å². The van der Waals surface area contributed by atoms with E-state index in [9.17, 15) is 4.79 Å². The zero-order valence-corrected chi connectivity index (χ0v) is 15.5. The first-order valence-corrected chi connectivity index (χ1v) is 9.34. The first-order valence-electron chi connectivity index (χ1n) is 9.34. The van der Waals surface area contributed by atoms with E-state index < -0.39 is 0 Å². The van der Waals surface area contributed by atoms with Gasteiger partial charge in [0.1, 0.15) is 6.33 Å². The third kappa shape index (κ3) is 4.16. The number of carbonyl (C=O) groups is 1. The Morgan fingerprint density at radius 3 is 2.25 bits per heavy atom. The molecule has 24 heavy (non-hydrogen) atoms. The molecule has 0 N–H and O–H groups in total. The van der Waals surface area contributed by atoms with Gasteiger partial charge >= 0.3 is 6.03 Å². The second-order valence-corrected chi connectivity index (χ2v) is 6.78. The van der Waals surface area contributed by atoms with E-state index >= 15 is 0 Å². The van der Waals surface area contributed by atoms with E-state index in [0.717, 1.165) is 49.6 Å². The van der Waals surface area contributed by atoms with Crippen LogP contribution in [0.2, 0.25) is 0 Å². The van der Waals surface area contributed by atoms with Crippen LogP contribution in [0, 0.1) is 0 Å². The Morgan fingerprint density at radius 2 is 1.67 bits per heavy atom. The molecule has 0 saturated heterocycles. The number of carbonyl (C=O) groups excluding carboxylic acids is 1. The number of benzene rings is 1. The van der Waals surface area contributed by atoms with E-state index in [1.54, 1.807) is 10.9 Å². The van der Waals surface area contributed by atoms with Crippen molar-refractivity contribution in [2.24, 2.45) is 0 Å². The summed E-state index contributed by atoms with van der Waals surface area (Å²) < 4.78 is 1.71. The highest BCUT2D eigenvalue weighted by molar-refractivity contribution is 5.89. The van der Waals surface area contributed by atoms with Gasteiger partial charge in [0, 0.05) is 12.1 Å². The average Bonchev–Trinajstić information content (AvgIpc) is 3.02. The molecular formula is C20H31N3O. The predicted octanol–water partition coefficient (Wildman–Crippen LogP) is 5.46. The van der Waals surface area contributed by atoms with Crippen LogP contribution >= 0.6 is 0 Å². The minimum absolute atomic E-state index is 0.0518. The Morgan fingerprint density at radius 1 is 1.08 bits per heavy atom. The van der Waals surface area contributed by atoms with Crippen molar-refractivity contribution in [1.29, 1.82) is 0 Å². The summed E-state index contributed by atoms with van der Waals surface area (Å²) in [5, 5.41) is 0. The fourth-order valence-electron chi connectivity index (χ4n) is 3.32. The molecule has 1 heterocycles. The maximum absolute atomic E-state index is 13.3. The number of nitrogens with zero attached hydrogens (tertiary/aromatic N) is 3. The summed E-state index contributed by atoms with van der Waals surface area (Å²) in [6.45, 7) is 8.75. The average molecular weight is 329 g/mol. The van der Waals surface area contributed by atoms with Gasteiger partial charge in [-0.15, -0.1) is 0 Å². The SMILES string of the molecule is CCCCC(C)N(C(=O)n1cnc2ccccc21)C(C)CCCC. The van der Waals surface area contributed by atoms with Gasteiger partial charge in [0.05, 0.1) is 11.0 Å². The van der Waals surface area contributed by atoms with Crippen LogP contribution in [-0.2, 0) is 0 Å². The van der Waals surface area contributed by atoms with Crippen molar-refractivity contribution in [2.45, 2.75) is 78.3 Å². The molecule has 1 amide bonds. The number of fused-ring (bicyclic) bond motifs is 1. The second kappa shape index (κ2) is 8.86. The quantitative estimate of drug-likeness (QED) is 0.644. The van der Waals surface area contributed by atoms with Crippen molar-refractivity contribution in [3.05, 3.63) is 30.6 Å². The predicted molar refractivity (Wildman–Crippen MR) is 100 cm³/mol. The highest BCUT2D eigenvalue weighted by atomic mass is 16.2. The summed E-state index contributed by atoms with van der Waals surface area (Å²) in [5.74, 6) is 0. The molecule has 2 rings (SSSR count). The van der Waals surface area contributed by atoms with E-state index in [1.165, 1.54) is 0 Å². The molecule has 0 spiro atoms. The standard InChI is InChI=1S/C20H31N3O/c1-5-7-11-16(3)23(17(4)12-8-6-2)20(24)22-15-21-18-13-9-10-14-19(18)22/h9-10,13-17H,5-8,11-12H2,1-4H3. The molecule has 2 aromatic rings. The fraction of sp³-hybridized carbons (Fsp3) is 0.600. The zero-order chi connectivity index (χ0) is 17.5. The number of unbranched alkanes of at least 4 members (excludes halogenated alkanes) is 2. The number of amides is 1. The maximum atomic E-state index is 13.3. The monoisotopic (exact) mass is 329 g/mol. The number of imidazole rings is 1.